The van der Waals surface area contributed by atoms with Gasteiger partial charge in [-0.25, -0.2) is 4.79 Å². The van der Waals surface area contributed by atoms with E-state index in [1.54, 1.807) is 6.07 Å². The zero-order valence-corrected chi connectivity index (χ0v) is 13.4. The Balaban J connectivity index is 2.21. The van der Waals surface area contributed by atoms with E-state index in [9.17, 15) is 9.59 Å². The second-order valence-electron chi connectivity index (χ2n) is 4.38. The zero-order valence-electron chi connectivity index (χ0n) is 11.7. The highest BCUT2D eigenvalue weighted by Gasteiger charge is 2.17. The molecule has 0 saturated heterocycles. The van der Waals surface area contributed by atoms with E-state index in [-0.39, 0.29) is 12.3 Å². The lowest BCUT2D eigenvalue weighted by Crippen LogP contribution is -2.00. The lowest BCUT2D eigenvalue weighted by atomic mass is 10.2. The summed E-state index contributed by atoms with van der Waals surface area (Å²) in [6.45, 7) is 1.60. The van der Waals surface area contributed by atoms with Crippen molar-refractivity contribution in [2.24, 2.45) is 0 Å². The van der Waals surface area contributed by atoms with Crippen LogP contribution < -0.4 is 0 Å². The highest BCUT2D eigenvalue weighted by atomic mass is 32.1. The molecule has 1 unspecified atom stereocenters. The third-order valence-corrected chi connectivity index (χ3v) is 5.67. The minimum Gasteiger partial charge on any atom is -0.477 e. The number of thiophene rings is 1. The number of carboxylic acids is 1. The van der Waals surface area contributed by atoms with Crippen molar-refractivity contribution in [3.8, 4) is 0 Å². The first-order valence-corrected chi connectivity index (χ1v) is 8.43. The van der Waals surface area contributed by atoms with Crippen LogP contribution in [0.1, 0.15) is 22.2 Å². The van der Waals surface area contributed by atoms with Gasteiger partial charge in [0.05, 0.1) is 0 Å². The number of rotatable bonds is 7. The average molecular weight is 326 g/mol. The van der Waals surface area contributed by atoms with Crippen molar-refractivity contribution >= 4 is 41.1 Å². The predicted octanol–water partition coefficient (Wildman–Crippen LogP) is 3.66. The second kappa shape index (κ2) is 7.09. The van der Waals surface area contributed by atoms with Crippen LogP contribution in [0, 0.1) is 0 Å². The van der Waals surface area contributed by atoms with Gasteiger partial charge in [0.15, 0.2) is 12.3 Å². The zero-order chi connectivity index (χ0) is 15.4. The number of hydrogen-bond acceptors (Lipinski definition) is 5. The Hall–Kier alpha value is -1.33. The van der Waals surface area contributed by atoms with E-state index < -0.39 is 14.1 Å². The monoisotopic (exact) mass is 326 g/mol. The van der Waals surface area contributed by atoms with E-state index in [4.69, 9.17) is 14.4 Å². The van der Waals surface area contributed by atoms with Gasteiger partial charge in [0, 0.05) is 24.9 Å². The maximum atomic E-state index is 11.6. The van der Waals surface area contributed by atoms with E-state index in [1.165, 1.54) is 25.4 Å². The van der Waals surface area contributed by atoms with Crippen LogP contribution in [0.2, 0.25) is 0 Å². The fraction of sp³-hybridized carbons (Fsp3) is 0.286. The molecule has 5 nitrogen and oxygen atoms in total. The molecule has 1 N–H and O–H groups in total. The molecular weight excluding hydrogens is 311 g/mol. The quantitative estimate of drug-likeness (QED) is 0.621. The van der Waals surface area contributed by atoms with Gasteiger partial charge in [0.1, 0.15) is 13.0 Å². The van der Waals surface area contributed by atoms with Crippen LogP contribution >= 0.6 is 19.5 Å². The summed E-state index contributed by atoms with van der Waals surface area (Å²) in [5, 5.41) is 9.88. The SMILES string of the molecule is COCOP(Cc1ccc2sc(C(=O)O)cc2c1)C(C)=O. The average Bonchev–Trinajstić information content (AvgIpc) is 2.86. The van der Waals surface area contributed by atoms with Crippen molar-refractivity contribution in [2.75, 3.05) is 13.9 Å². The third kappa shape index (κ3) is 4.08. The molecule has 2 aromatic rings. The van der Waals surface area contributed by atoms with Crippen LogP contribution in [0.5, 0.6) is 0 Å². The highest BCUT2D eigenvalue weighted by molar-refractivity contribution is 7.69. The molecule has 0 aliphatic rings. The lowest BCUT2D eigenvalue weighted by Gasteiger charge is -2.14. The smallest absolute Gasteiger partial charge is 0.345 e. The normalized spacial score (nSPS) is 12.5. The maximum Gasteiger partial charge on any atom is 0.345 e. The number of aromatic carboxylic acids is 1. The molecule has 0 spiro atoms. The first kappa shape index (κ1) is 16.0. The Morgan fingerprint density at radius 1 is 1.33 bits per heavy atom. The van der Waals surface area contributed by atoms with Crippen molar-refractivity contribution in [1.29, 1.82) is 0 Å². The number of methoxy groups -OCH3 is 1. The molecular formula is C14H15O5PS. The molecule has 112 valence electrons. The molecule has 2 rings (SSSR count). The highest BCUT2D eigenvalue weighted by Crippen LogP contribution is 2.42. The molecule has 1 atom stereocenters. The topological polar surface area (TPSA) is 72.8 Å². The molecule has 21 heavy (non-hydrogen) atoms. The fourth-order valence-corrected chi connectivity index (χ4v) is 3.97. The largest absolute Gasteiger partial charge is 0.477 e. The van der Waals surface area contributed by atoms with E-state index in [0.29, 0.717) is 11.0 Å². The molecule has 0 amide bonds. The lowest BCUT2D eigenvalue weighted by molar-refractivity contribution is -0.110. The van der Waals surface area contributed by atoms with Crippen molar-refractivity contribution < 1.29 is 24.0 Å². The first-order valence-electron chi connectivity index (χ1n) is 6.17. The molecule has 0 aliphatic carbocycles. The molecule has 0 saturated carbocycles. The number of hydrogen-bond donors (Lipinski definition) is 1. The van der Waals surface area contributed by atoms with Crippen LogP contribution in [0.25, 0.3) is 10.1 Å². The summed E-state index contributed by atoms with van der Waals surface area (Å²) in [7, 11) is 0.273. The Kier molecular flexibility index (Phi) is 5.42. The van der Waals surface area contributed by atoms with Gasteiger partial charge >= 0.3 is 5.97 Å². The van der Waals surface area contributed by atoms with Gasteiger partial charge < -0.3 is 14.4 Å². The molecule has 0 radical (unpaired) electrons. The Morgan fingerprint density at radius 3 is 2.71 bits per heavy atom. The van der Waals surface area contributed by atoms with Crippen molar-refractivity contribution in [1.82, 2.24) is 0 Å². The predicted molar refractivity (Wildman–Crippen MR) is 83.1 cm³/mol. The van der Waals surface area contributed by atoms with Gasteiger partial charge in [-0.2, -0.15) is 0 Å². The summed E-state index contributed by atoms with van der Waals surface area (Å²) < 4.78 is 11.2. The summed E-state index contributed by atoms with van der Waals surface area (Å²) in [4.78, 5) is 22.9. The van der Waals surface area contributed by atoms with Crippen molar-refractivity contribution in [3.63, 3.8) is 0 Å². The summed E-state index contributed by atoms with van der Waals surface area (Å²) in [5.74, 6) is -0.924. The first-order chi connectivity index (χ1) is 10.0. The van der Waals surface area contributed by atoms with Gasteiger partial charge in [-0.1, -0.05) is 6.07 Å². The number of benzene rings is 1. The van der Waals surface area contributed by atoms with Crippen molar-refractivity contribution in [2.45, 2.75) is 13.1 Å². The van der Waals surface area contributed by atoms with E-state index in [1.807, 2.05) is 18.2 Å². The van der Waals surface area contributed by atoms with E-state index in [2.05, 4.69) is 0 Å². The molecule has 0 bridgehead atoms. The van der Waals surface area contributed by atoms with Gasteiger partial charge in [-0.3, -0.25) is 4.79 Å². The van der Waals surface area contributed by atoms with Crippen LogP contribution in [0.3, 0.4) is 0 Å². The Morgan fingerprint density at radius 2 is 2.10 bits per heavy atom. The summed E-state index contributed by atoms with van der Waals surface area (Å²) in [6.07, 6.45) is 0.502. The van der Waals surface area contributed by atoms with E-state index in [0.717, 1.165) is 15.6 Å². The van der Waals surface area contributed by atoms with Gasteiger partial charge in [-0.15, -0.1) is 11.3 Å². The molecule has 1 heterocycles. The second-order valence-corrected chi connectivity index (χ2v) is 7.42. The van der Waals surface area contributed by atoms with Crippen LogP contribution in [-0.4, -0.2) is 30.5 Å². The van der Waals surface area contributed by atoms with Crippen molar-refractivity contribution in [3.05, 3.63) is 34.7 Å². The van der Waals surface area contributed by atoms with Gasteiger partial charge in [0.2, 0.25) is 0 Å². The van der Waals surface area contributed by atoms with Gasteiger partial charge in [0.25, 0.3) is 0 Å². The number of carbonyl (C=O) groups excluding carboxylic acids is 1. The number of ether oxygens (including phenoxy) is 1. The fourth-order valence-electron chi connectivity index (χ4n) is 1.83. The Bertz CT molecular complexity index is 666. The van der Waals surface area contributed by atoms with E-state index >= 15 is 0 Å². The molecule has 0 aliphatic heterocycles. The number of carboxylic acid groups (broad SMARTS) is 1. The third-order valence-electron chi connectivity index (χ3n) is 2.80. The van der Waals surface area contributed by atoms with Crippen LogP contribution in [0.4, 0.5) is 0 Å². The summed E-state index contributed by atoms with van der Waals surface area (Å²) >= 11 is 1.24. The number of fused-ring (bicyclic) bond motifs is 1. The summed E-state index contributed by atoms with van der Waals surface area (Å²) in [6, 6.07) is 7.34. The molecule has 0 fully saturated rings. The Labute approximate surface area is 127 Å². The maximum absolute atomic E-state index is 11.6. The molecule has 7 heteroatoms. The van der Waals surface area contributed by atoms with Crippen LogP contribution in [0.15, 0.2) is 24.3 Å². The minimum atomic E-state index is -1.24. The standard InChI is InChI=1S/C14H15O5PS/c1-9(15)20(19-8-18-2)7-10-3-4-12-11(5-10)6-13(21-12)14(16)17/h3-6H,7-8H2,1-2H3,(H,16,17). The van der Waals surface area contributed by atoms with Gasteiger partial charge in [-0.05, 0) is 29.1 Å². The van der Waals surface area contributed by atoms with Crippen LogP contribution in [-0.2, 0) is 20.2 Å². The number of carbonyl (C=O) groups is 2. The minimum absolute atomic E-state index is 0.00121. The molecule has 1 aromatic carbocycles. The molecule has 1 aromatic heterocycles. The summed E-state index contributed by atoms with van der Waals surface area (Å²) in [5.41, 5.74) is 0.952.